The molecule has 0 spiro atoms. The summed E-state index contributed by atoms with van der Waals surface area (Å²) < 4.78 is 5.25. The third-order valence-corrected chi connectivity index (χ3v) is 3.78. The number of hydrogen-bond acceptors (Lipinski definition) is 4. The first-order chi connectivity index (χ1) is 10.6. The van der Waals surface area contributed by atoms with Crippen molar-refractivity contribution < 1.29 is 9.53 Å². The maximum absolute atomic E-state index is 11.9. The molecule has 0 atom stereocenters. The summed E-state index contributed by atoms with van der Waals surface area (Å²) in [6.07, 6.45) is 11.2. The van der Waals surface area contributed by atoms with Gasteiger partial charge in [-0.1, -0.05) is 58.3 Å². The number of unbranched alkanes of at least 4 members (excludes halogenated alkanes) is 8. The van der Waals surface area contributed by atoms with Gasteiger partial charge in [-0.15, -0.1) is 0 Å². The molecule has 0 saturated heterocycles. The van der Waals surface area contributed by atoms with Gasteiger partial charge in [0, 0.05) is 11.4 Å². The SMILES string of the molecule is CCCCCCCCCCCOC(=O)c1cc(N)ccc1N. The number of anilines is 2. The number of benzene rings is 1. The van der Waals surface area contributed by atoms with Gasteiger partial charge < -0.3 is 16.2 Å². The quantitative estimate of drug-likeness (QED) is 0.357. The summed E-state index contributed by atoms with van der Waals surface area (Å²) in [5, 5.41) is 0. The summed E-state index contributed by atoms with van der Waals surface area (Å²) >= 11 is 0. The number of carbonyl (C=O) groups is 1. The van der Waals surface area contributed by atoms with Gasteiger partial charge in [0.15, 0.2) is 0 Å². The molecule has 0 bridgehead atoms. The summed E-state index contributed by atoms with van der Waals surface area (Å²) in [6, 6.07) is 4.87. The first-order valence-corrected chi connectivity index (χ1v) is 8.47. The molecule has 0 amide bonds. The zero-order chi connectivity index (χ0) is 16.2. The normalized spacial score (nSPS) is 10.6. The van der Waals surface area contributed by atoms with Gasteiger partial charge in [-0.25, -0.2) is 4.79 Å². The van der Waals surface area contributed by atoms with Crippen molar-refractivity contribution in [1.29, 1.82) is 0 Å². The van der Waals surface area contributed by atoms with Crippen molar-refractivity contribution >= 4 is 17.3 Å². The van der Waals surface area contributed by atoms with Crippen LogP contribution in [0.5, 0.6) is 0 Å². The largest absolute Gasteiger partial charge is 0.462 e. The van der Waals surface area contributed by atoms with Crippen LogP contribution in [0, 0.1) is 0 Å². The molecule has 0 aliphatic rings. The van der Waals surface area contributed by atoms with Crippen molar-refractivity contribution in [3.63, 3.8) is 0 Å². The van der Waals surface area contributed by atoms with E-state index in [1.807, 2.05) is 0 Å². The Morgan fingerprint density at radius 1 is 0.955 bits per heavy atom. The summed E-state index contributed by atoms with van der Waals surface area (Å²) in [6.45, 7) is 2.68. The van der Waals surface area contributed by atoms with Crippen LogP contribution in [0.15, 0.2) is 18.2 Å². The van der Waals surface area contributed by atoms with E-state index in [0.717, 1.165) is 12.8 Å². The molecule has 0 aliphatic carbocycles. The second kappa shape index (κ2) is 10.9. The molecule has 0 heterocycles. The molecule has 4 N–H and O–H groups in total. The van der Waals surface area contributed by atoms with Crippen LogP contribution in [0.4, 0.5) is 11.4 Å². The smallest absolute Gasteiger partial charge is 0.340 e. The molecular formula is C18H30N2O2. The minimum Gasteiger partial charge on any atom is -0.462 e. The van der Waals surface area contributed by atoms with Crippen LogP contribution >= 0.6 is 0 Å². The molecule has 0 aromatic heterocycles. The maximum atomic E-state index is 11.9. The lowest BCUT2D eigenvalue weighted by atomic mass is 10.1. The van der Waals surface area contributed by atoms with E-state index >= 15 is 0 Å². The lowest BCUT2D eigenvalue weighted by Gasteiger charge is -2.08. The lowest BCUT2D eigenvalue weighted by molar-refractivity contribution is 0.0499. The average Bonchev–Trinajstić information content (AvgIpc) is 2.51. The lowest BCUT2D eigenvalue weighted by Crippen LogP contribution is -2.09. The van der Waals surface area contributed by atoms with Crippen molar-refractivity contribution in [1.82, 2.24) is 0 Å². The van der Waals surface area contributed by atoms with Crippen molar-refractivity contribution in [2.75, 3.05) is 18.1 Å². The monoisotopic (exact) mass is 306 g/mol. The van der Waals surface area contributed by atoms with Crippen molar-refractivity contribution in [3.8, 4) is 0 Å². The van der Waals surface area contributed by atoms with Gasteiger partial charge in [0.1, 0.15) is 0 Å². The Morgan fingerprint density at radius 2 is 1.55 bits per heavy atom. The Morgan fingerprint density at radius 3 is 2.18 bits per heavy atom. The number of nitrogen functional groups attached to an aromatic ring is 2. The van der Waals surface area contributed by atoms with E-state index < -0.39 is 0 Å². The van der Waals surface area contributed by atoms with Crippen LogP contribution in [0.1, 0.15) is 75.1 Å². The van der Waals surface area contributed by atoms with E-state index in [4.69, 9.17) is 16.2 Å². The molecule has 22 heavy (non-hydrogen) atoms. The van der Waals surface area contributed by atoms with Gasteiger partial charge in [0.2, 0.25) is 0 Å². The molecule has 4 heteroatoms. The molecule has 0 saturated carbocycles. The Hall–Kier alpha value is -1.71. The second-order valence-corrected chi connectivity index (χ2v) is 5.81. The molecule has 1 aromatic carbocycles. The fourth-order valence-corrected chi connectivity index (χ4v) is 2.41. The van der Waals surface area contributed by atoms with Crippen LogP contribution in [-0.4, -0.2) is 12.6 Å². The minimum absolute atomic E-state index is 0.357. The number of esters is 1. The zero-order valence-corrected chi connectivity index (χ0v) is 13.8. The van der Waals surface area contributed by atoms with Gasteiger partial charge >= 0.3 is 5.97 Å². The number of carbonyl (C=O) groups excluding carboxylic acids is 1. The van der Waals surface area contributed by atoms with Crippen LogP contribution in [-0.2, 0) is 4.74 Å². The third kappa shape index (κ3) is 7.34. The summed E-state index contributed by atoms with van der Waals surface area (Å²) in [5.74, 6) is -0.385. The van der Waals surface area contributed by atoms with Gasteiger partial charge in [-0.2, -0.15) is 0 Å². The molecule has 0 radical (unpaired) electrons. The highest BCUT2D eigenvalue weighted by Gasteiger charge is 2.11. The third-order valence-electron chi connectivity index (χ3n) is 3.78. The first kappa shape index (κ1) is 18.3. The Bertz CT molecular complexity index is 447. The topological polar surface area (TPSA) is 78.3 Å². The van der Waals surface area contributed by atoms with Crippen LogP contribution in [0.3, 0.4) is 0 Å². The van der Waals surface area contributed by atoms with Crippen LogP contribution < -0.4 is 11.5 Å². The summed E-state index contributed by atoms with van der Waals surface area (Å²) in [7, 11) is 0. The Labute approximate surface area is 134 Å². The zero-order valence-electron chi connectivity index (χ0n) is 13.8. The standard InChI is InChI=1S/C18H30N2O2/c1-2-3-4-5-6-7-8-9-10-13-22-18(21)16-14-15(19)11-12-17(16)20/h11-12,14H,2-10,13,19-20H2,1H3. The molecular weight excluding hydrogens is 276 g/mol. The Balaban J connectivity index is 2.07. The molecule has 0 fully saturated rings. The van der Waals surface area contributed by atoms with Crippen LogP contribution in [0.2, 0.25) is 0 Å². The fourth-order valence-electron chi connectivity index (χ4n) is 2.41. The van der Waals surface area contributed by atoms with Crippen molar-refractivity contribution in [2.24, 2.45) is 0 Å². The predicted octanol–water partition coefficient (Wildman–Crippen LogP) is 4.54. The van der Waals surface area contributed by atoms with Gasteiger partial charge in [0.05, 0.1) is 12.2 Å². The highest BCUT2D eigenvalue weighted by atomic mass is 16.5. The van der Waals surface area contributed by atoms with Gasteiger partial charge in [-0.05, 0) is 24.6 Å². The minimum atomic E-state index is -0.385. The fraction of sp³-hybridized carbons (Fsp3) is 0.611. The second-order valence-electron chi connectivity index (χ2n) is 5.81. The van der Waals surface area contributed by atoms with Crippen molar-refractivity contribution in [3.05, 3.63) is 23.8 Å². The Kier molecular flexibility index (Phi) is 9.12. The van der Waals surface area contributed by atoms with E-state index in [1.165, 1.54) is 44.9 Å². The van der Waals surface area contributed by atoms with E-state index in [1.54, 1.807) is 18.2 Å². The molecule has 0 unspecified atom stereocenters. The molecule has 1 rings (SSSR count). The van der Waals surface area contributed by atoms with Crippen LogP contribution in [0.25, 0.3) is 0 Å². The maximum Gasteiger partial charge on any atom is 0.340 e. The highest BCUT2D eigenvalue weighted by molar-refractivity contribution is 5.96. The molecule has 1 aromatic rings. The molecule has 4 nitrogen and oxygen atoms in total. The number of nitrogens with two attached hydrogens (primary N) is 2. The van der Waals surface area contributed by atoms with Gasteiger partial charge in [0.25, 0.3) is 0 Å². The number of rotatable bonds is 11. The molecule has 0 aliphatic heterocycles. The molecule has 124 valence electrons. The van der Waals surface area contributed by atoms with E-state index in [0.29, 0.717) is 23.5 Å². The number of ether oxygens (including phenoxy) is 1. The average molecular weight is 306 g/mol. The predicted molar refractivity (Wildman–Crippen MR) is 92.8 cm³/mol. The highest BCUT2D eigenvalue weighted by Crippen LogP contribution is 2.17. The summed E-state index contributed by atoms with van der Waals surface area (Å²) in [4.78, 5) is 11.9. The van der Waals surface area contributed by atoms with E-state index in [-0.39, 0.29) is 5.97 Å². The van der Waals surface area contributed by atoms with Crippen molar-refractivity contribution in [2.45, 2.75) is 64.7 Å². The van der Waals surface area contributed by atoms with Gasteiger partial charge in [-0.3, -0.25) is 0 Å². The number of hydrogen-bond donors (Lipinski definition) is 2. The van der Waals surface area contributed by atoms with E-state index in [9.17, 15) is 4.79 Å². The van der Waals surface area contributed by atoms with E-state index in [2.05, 4.69) is 6.92 Å². The first-order valence-electron chi connectivity index (χ1n) is 8.47. The summed E-state index contributed by atoms with van der Waals surface area (Å²) in [5.41, 5.74) is 12.7.